The average Bonchev–Trinajstić information content (AvgIpc) is 3.41. The van der Waals surface area contributed by atoms with E-state index in [-0.39, 0.29) is 6.71 Å². The molecule has 4 heteroatoms. The summed E-state index contributed by atoms with van der Waals surface area (Å²) < 4.78 is 4.97. The summed E-state index contributed by atoms with van der Waals surface area (Å²) in [5.74, 6) is 0. The molecule has 34 heavy (non-hydrogen) atoms. The second-order valence-corrected chi connectivity index (χ2v) is 9.97. The molecule has 2 aliphatic rings. The zero-order chi connectivity index (χ0) is 22.1. The van der Waals surface area contributed by atoms with Gasteiger partial charge in [0.2, 0.25) is 0 Å². The first kappa shape index (κ1) is 17.6. The third kappa shape index (κ3) is 1.80. The first-order valence-corrected chi connectivity index (χ1v) is 12.2. The lowest BCUT2D eigenvalue weighted by molar-refractivity contribution is 1.15. The Kier molecular flexibility index (Phi) is 2.99. The number of benzene rings is 5. The van der Waals surface area contributed by atoms with Crippen LogP contribution in [0.25, 0.3) is 55.0 Å². The highest BCUT2D eigenvalue weighted by atomic mass is 32.1. The van der Waals surface area contributed by atoms with E-state index in [4.69, 9.17) is 12.6 Å². The van der Waals surface area contributed by atoms with Crippen LogP contribution in [-0.2, 0) is 0 Å². The summed E-state index contributed by atoms with van der Waals surface area (Å²) in [4.78, 5) is 1.03. The monoisotopic (exact) mass is 448 g/mol. The third-order valence-electron chi connectivity index (χ3n) is 7.99. The maximum absolute atomic E-state index is 5.09. The van der Waals surface area contributed by atoms with Crippen LogP contribution in [0.2, 0.25) is 0 Å². The molecular weight excluding hydrogens is 431 g/mol. The van der Waals surface area contributed by atoms with Crippen molar-refractivity contribution in [3.63, 3.8) is 0 Å². The molecule has 0 N–H and O–H groups in total. The molecule has 5 aromatic carbocycles. The van der Waals surface area contributed by atoms with E-state index in [0.717, 1.165) is 4.90 Å². The fourth-order valence-electron chi connectivity index (χ4n) is 6.82. The quantitative estimate of drug-likeness (QED) is 0.238. The van der Waals surface area contributed by atoms with E-state index in [1.807, 2.05) is 0 Å². The summed E-state index contributed by atoms with van der Waals surface area (Å²) in [6.45, 7) is 0.194. The number of hydrogen-bond acceptors (Lipinski definition) is 1. The van der Waals surface area contributed by atoms with Gasteiger partial charge in [-0.1, -0.05) is 72.8 Å². The lowest BCUT2D eigenvalue weighted by Crippen LogP contribution is -2.59. The van der Waals surface area contributed by atoms with Crippen LogP contribution in [0.5, 0.6) is 0 Å². The zero-order valence-electron chi connectivity index (χ0n) is 18.2. The number of fused-ring (bicyclic) bond motifs is 11. The molecule has 9 rings (SSSR count). The van der Waals surface area contributed by atoms with Crippen molar-refractivity contribution in [1.82, 2.24) is 9.13 Å². The Bertz CT molecular complexity index is 2050. The standard InChI is InChI=1S/C30H17BN2S/c34-26-16-25-28-30-27(26)19-9-2-5-14-23(19)32(30)24-15-6-3-11-20(24)31(28)21-12-7-10-18-17-8-1-4-13-22(17)33(25)29(18)21/h1-16,34H. The van der Waals surface area contributed by atoms with Crippen LogP contribution in [-0.4, -0.2) is 15.8 Å². The number of thiol groups is 1. The van der Waals surface area contributed by atoms with Crippen molar-refractivity contribution in [2.24, 2.45) is 0 Å². The van der Waals surface area contributed by atoms with Gasteiger partial charge in [-0.3, -0.25) is 0 Å². The predicted molar refractivity (Wildman–Crippen MR) is 147 cm³/mol. The van der Waals surface area contributed by atoms with E-state index >= 15 is 0 Å². The fraction of sp³-hybridized carbons (Fsp3) is 0. The SMILES string of the molecule is Sc1cc2c3c4c1c1ccccc1n4-c1ccccc1B3c1cccc3c4ccccc4n-2c13. The molecule has 0 unspecified atom stereocenters. The molecule has 0 aliphatic carbocycles. The summed E-state index contributed by atoms with van der Waals surface area (Å²) in [7, 11) is 0. The highest BCUT2D eigenvalue weighted by Crippen LogP contribution is 2.41. The zero-order valence-corrected chi connectivity index (χ0v) is 19.1. The summed E-state index contributed by atoms with van der Waals surface area (Å²) >= 11 is 5.09. The lowest BCUT2D eigenvalue weighted by Gasteiger charge is -2.33. The minimum Gasteiger partial charge on any atom is -0.310 e. The maximum Gasteiger partial charge on any atom is 0.252 e. The molecule has 0 spiro atoms. The van der Waals surface area contributed by atoms with E-state index in [9.17, 15) is 0 Å². The van der Waals surface area contributed by atoms with E-state index < -0.39 is 0 Å². The second-order valence-electron chi connectivity index (χ2n) is 9.49. The molecule has 2 aromatic heterocycles. The topological polar surface area (TPSA) is 9.86 Å². The Morgan fingerprint density at radius 1 is 0.559 bits per heavy atom. The molecule has 0 saturated heterocycles. The number of aromatic nitrogens is 2. The van der Waals surface area contributed by atoms with E-state index in [1.54, 1.807) is 0 Å². The van der Waals surface area contributed by atoms with Gasteiger partial charge in [0, 0.05) is 43.3 Å². The van der Waals surface area contributed by atoms with Gasteiger partial charge in [0.1, 0.15) is 0 Å². The van der Waals surface area contributed by atoms with Crippen molar-refractivity contribution in [2.75, 3.05) is 0 Å². The number of rotatable bonds is 0. The molecule has 7 aromatic rings. The number of nitrogens with zero attached hydrogens (tertiary/aromatic N) is 2. The number of para-hydroxylation sites is 4. The van der Waals surface area contributed by atoms with Crippen LogP contribution in [0, 0.1) is 0 Å². The maximum atomic E-state index is 5.09. The molecule has 0 fully saturated rings. The van der Waals surface area contributed by atoms with Crippen LogP contribution in [0.4, 0.5) is 0 Å². The van der Waals surface area contributed by atoms with Crippen molar-refractivity contribution >= 4 is 79.3 Å². The van der Waals surface area contributed by atoms with Crippen LogP contribution in [0.3, 0.4) is 0 Å². The molecule has 0 saturated carbocycles. The smallest absolute Gasteiger partial charge is 0.252 e. The molecule has 0 bridgehead atoms. The van der Waals surface area contributed by atoms with Gasteiger partial charge >= 0.3 is 0 Å². The Hall–Kier alpha value is -3.89. The molecule has 2 aliphatic heterocycles. The lowest BCUT2D eigenvalue weighted by atomic mass is 9.34. The Labute approximate surface area is 201 Å². The summed E-state index contributed by atoms with van der Waals surface area (Å²) in [6.07, 6.45) is 0. The van der Waals surface area contributed by atoms with Gasteiger partial charge in [0.05, 0.1) is 16.6 Å². The molecule has 0 radical (unpaired) electrons. The Morgan fingerprint density at radius 3 is 2.09 bits per heavy atom. The fourth-order valence-corrected chi connectivity index (χ4v) is 7.17. The molecule has 4 heterocycles. The highest BCUT2D eigenvalue weighted by molar-refractivity contribution is 7.80. The molecular formula is C30H17BN2S. The summed E-state index contributed by atoms with van der Waals surface area (Å²) in [5.41, 5.74) is 11.8. The highest BCUT2D eigenvalue weighted by Gasteiger charge is 2.40. The van der Waals surface area contributed by atoms with Crippen LogP contribution < -0.4 is 16.4 Å². The van der Waals surface area contributed by atoms with E-state index in [2.05, 4.69) is 106 Å². The minimum atomic E-state index is 0.194. The van der Waals surface area contributed by atoms with Crippen molar-refractivity contribution in [3.05, 3.63) is 97.1 Å². The Balaban J connectivity index is 1.64. The first-order chi connectivity index (χ1) is 16.8. The molecule has 156 valence electrons. The summed E-state index contributed by atoms with van der Waals surface area (Å²) in [5, 5.41) is 5.15. The minimum absolute atomic E-state index is 0.194. The van der Waals surface area contributed by atoms with Gasteiger partial charge in [0.15, 0.2) is 0 Å². The van der Waals surface area contributed by atoms with E-state index in [0.29, 0.717) is 0 Å². The summed E-state index contributed by atoms with van der Waals surface area (Å²) in [6, 6.07) is 35.6. The van der Waals surface area contributed by atoms with Gasteiger partial charge in [-0.25, -0.2) is 0 Å². The van der Waals surface area contributed by atoms with Crippen LogP contribution >= 0.6 is 12.6 Å². The third-order valence-corrected chi connectivity index (χ3v) is 8.34. The Morgan fingerprint density at radius 2 is 1.21 bits per heavy atom. The van der Waals surface area contributed by atoms with Gasteiger partial charge in [-0.15, -0.1) is 12.6 Å². The first-order valence-electron chi connectivity index (χ1n) is 11.7. The van der Waals surface area contributed by atoms with Crippen molar-refractivity contribution < 1.29 is 0 Å². The molecule has 0 atom stereocenters. The van der Waals surface area contributed by atoms with Gasteiger partial charge in [0.25, 0.3) is 6.71 Å². The van der Waals surface area contributed by atoms with Gasteiger partial charge < -0.3 is 9.13 Å². The van der Waals surface area contributed by atoms with Crippen LogP contribution in [0.1, 0.15) is 0 Å². The molecule has 2 nitrogen and oxygen atoms in total. The van der Waals surface area contributed by atoms with Crippen molar-refractivity contribution in [3.8, 4) is 11.4 Å². The molecule has 0 amide bonds. The largest absolute Gasteiger partial charge is 0.310 e. The number of hydrogen-bond donors (Lipinski definition) is 1. The van der Waals surface area contributed by atoms with Gasteiger partial charge in [-0.2, -0.15) is 0 Å². The van der Waals surface area contributed by atoms with Crippen LogP contribution in [0.15, 0.2) is 102 Å². The second kappa shape index (κ2) is 5.78. The van der Waals surface area contributed by atoms with E-state index in [1.165, 1.54) is 71.4 Å². The van der Waals surface area contributed by atoms with Crippen molar-refractivity contribution in [2.45, 2.75) is 4.90 Å². The van der Waals surface area contributed by atoms with Gasteiger partial charge in [-0.05, 0) is 40.7 Å². The van der Waals surface area contributed by atoms with Crippen molar-refractivity contribution in [1.29, 1.82) is 0 Å². The average molecular weight is 448 g/mol. The normalized spacial score (nSPS) is 13.4. The predicted octanol–water partition coefficient (Wildman–Crippen LogP) is 5.31.